The largest absolute Gasteiger partial charge is 0.416 e. The van der Waals surface area contributed by atoms with E-state index in [0.29, 0.717) is 29.3 Å². The summed E-state index contributed by atoms with van der Waals surface area (Å²) in [5.41, 5.74) is 1.48. The second kappa shape index (κ2) is 8.18. The van der Waals surface area contributed by atoms with Gasteiger partial charge in [0.15, 0.2) is 0 Å². The Morgan fingerprint density at radius 3 is 2.77 bits per heavy atom. The zero-order valence-electron chi connectivity index (χ0n) is 16.8. The number of ether oxygens (including phenoxy) is 1. The zero-order valence-corrected chi connectivity index (χ0v) is 16.8. The Kier molecular flexibility index (Phi) is 5.60. The van der Waals surface area contributed by atoms with Crippen molar-refractivity contribution in [3.63, 3.8) is 0 Å². The van der Waals surface area contributed by atoms with Crippen molar-refractivity contribution in [3.05, 3.63) is 59.2 Å². The Hall–Kier alpha value is -2.74. The summed E-state index contributed by atoms with van der Waals surface area (Å²) in [6.07, 6.45) is -0.647. The molecule has 0 amide bonds. The van der Waals surface area contributed by atoms with Gasteiger partial charge in [-0.25, -0.2) is 9.97 Å². The van der Waals surface area contributed by atoms with E-state index >= 15 is 0 Å². The van der Waals surface area contributed by atoms with Crippen LogP contribution in [-0.2, 0) is 10.9 Å². The molecule has 30 heavy (non-hydrogen) atoms. The van der Waals surface area contributed by atoms with Crippen molar-refractivity contribution in [2.45, 2.75) is 44.8 Å². The van der Waals surface area contributed by atoms with Gasteiger partial charge in [-0.15, -0.1) is 0 Å². The molecule has 1 aliphatic heterocycles. The molecule has 1 aliphatic rings. The molecule has 0 aliphatic carbocycles. The summed E-state index contributed by atoms with van der Waals surface area (Å²) in [5.74, 6) is 1.37. The molecule has 2 atom stereocenters. The third kappa shape index (κ3) is 4.38. The molecule has 0 saturated carbocycles. The first kappa shape index (κ1) is 20.5. The van der Waals surface area contributed by atoms with Gasteiger partial charge in [-0.3, -0.25) is 4.98 Å². The zero-order chi connectivity index (χ0) is 21.3. The van der Waals surface area contributed by atoms with Crippen LogP contribution in [0.25, 0.3) is 10.9 Å². The van der Waals surface area contributed by atoms with Gasteiger partial charge in [-0.1, -0.05) is 12.1 Å². The molecular weight excluding hydrogens is 393 g/mol. The normalized spacial score (nSPS) is 18.4. The maximum Gasteiger partial charge on any atom is 0.416 e. The predicted molar refractivity (Wildman–Crippen MR) is 108 cm³/mol. The molecule has 4 rings (SSSR count). The van der Waals surface area contributed by atoms with Gasteiger partial charge in [-0.2, -0.15) is 13.2 Å². The first-order chi connectivity index (χ1) is 14.3. The van der Waals surface area contributed by atoms with Crippen molar-refractivity contribution in [3.8, 4) is 0 Å². The van der Waals surface area contributed by atoms with Crippen LogP contribution in [0.2, 0.25) is 0 Å². The molecule has 1 aromatic carbocycles. The highest BCUT2D eigenvalue weighted by molar-refractivity contribution is 5.89. The lowest BCUT2D eigenvalue weighted by Gasteiger charge is -2.22. The summed E-state index contributed by atoms with van der Waals surface area (Å²) in [6.45, 7) is 5.00. The number of nitrogens with one attached hydrogen (secondary N) is 1. The van der Waals surface area contributed by atoms with E-state index < -0.39 is 11.7 Å². The molecule has 1 saturated heterocycles. The molecular formula is C22H23F3N4O. The third-order valence-corrected chi connectivity index (χ3v) is 5.36. The number of benzene rings is 1. The van der Waals surface area contributed by atoms with Crippen LogP contribution in [0.5, 0.6) is 0 Å². The average Bonchev–Trinajstić information content (AvgIpc) is 2.73. The summed E-state index contributed by atoms with van der Waals surface area (Å²) in [7, 11) is 0. The minimum absolute atomic E-state index is 0.221. The highest BCUT2D eigenvalue weighted by Gasteiger charge is 2.30. The molecule has 0 radical (unpaired) electrons. The van der Waals surface area contributed by atoms with E-state index in [-0.39, 0.29) is 12.0 Å². The van der Waals surface area contributed by atoms with Gasteiger partial charge in [0.1, 0.15) is 11.6 Å². The third-order valence-electron chi connectivity index (χ3n) is 5.36. The number of aryl methyl sites for hydroxylation is 1. The van der Waals surface area contributed by atoms with Crippen LogP contribution in [0.4, 0.5) is 19.0 Å². The van der Waals surface area contributed by atoms with Crippen molar-refractivity contribution < 1.29 is 17.9 Å². The van der Waals surface area contributed by atoms with E-state index in [0.717, 1.165) is 36.6 Å². The SMILES string of the molecule is Cc1nc(N[C@H](C)c2cccc(C(F)(F)F)c2)c2cc(C3CCCOC3)ncc2n1. The number of hydrogen-bond acceptors (Lipinski definition) is 5. The number of hydrogen-bond donors (Lipinski definition) is 1. The van der Waals surface area contributed by atoms with E-state index in [1.807, 2.05) is 13.0 Å². The molecule has 5 nitrogen and oxygen atoms in total. The van der Waals surface area contributed by atoms with Crippen LogP contribution in [0.15, 0.2) is 36.5 Å². The maximum absolute atomic E-state index is 13.1. The van der Waals surface area contributed by atoms with Gasteiger partial charge < -0.3 is 10.1 Å². The van der Waals surface area contributed by atoms with Crippen molar-refractivity contribution in [2.24, 2.45) is 0 Å². The number of aromatic nitrogens is 3. The summed E-state index contributed by atoms with van der Waals surface area (Å²) in [4.78, 5) is 13.5. The highest BCUT2D eigenvalue weighted by atomic mass is 19.4. The van der Waals surface area contributed by atoms with Crippen LogP contribution in [0, 0.1) is 6.92 Å². The molecule has 3 heterocycles. The molecule has 158 valence electrons. The lowest BCUT2D eigenvalue weighted by atomic mass is 9.97. The summed E-state index contributed by atoms with van der Waals surface area (Å²) in [6, 6.07) is 6.93. The fraction of sp³-hybridized carbons (Fsp3) is 0.409. The number of fused-ring (bicyclic) bond motifs is 1. The minimum atomic E-state index is -4.38. The van der Waals surface area contributed by atoms with Crippen molar-refractivity contribution in [1.29, 1.82) is 0 Å². The summed E-state index contributed by atoms with van der Waals surface area (Å²) in [5, 5.41) is 4.07. The van der Waals surface area contributed by atoms with E-state index in [4.69, 9.17) is 4.74 Å². The molecule has 1 fully saturated rings. The van der Waals surface area contributed by atoms with E-state index in [1.165, 1.54) is 12.1 Å². The molecule has 1 N–H and O–H groups in total. The summed E-state index contributed by atoms with van der Waals surface area (Å²) >= 11 is 0. The number of pyridine rings is 1. The molecule has 1 unspecified atom stereocenters. The van der Waals surface area contributed by atoms with Crippen molar-refractivity contribution in [2.75, 3.05) is 18.5 Å². The number of rotatable bonds is 4. The Morgan fingerprint density at radius 1 is 1.20 bits per heavy atom. The smallest absolute Gasteiger partial charge is 0.381 e. The van der Waals surface area contributed by atoms with Crippen molar-refractivity contribution in [1.82, 2.24) is 15.0 Å². The number of halogens is 3. The fourth-order valence-corrected chi connectivity index (χ4v) is 3.74. The first-order valence-electron chi connectivity index (χ1n) is 9.97. The van der Waals surface area contributed by atoms with Gasteiger partial charge in [0, 0.05) is 29.6 Å². The van der Waals surface area contributed by atoms with E-state index in [9.17, 15) is 13.2 Å². The number of anilines is 1. The molecule has 0 bridgehead atoms. The van der Waals surface area contributed by atoms with E-state index in [1.54, 1.807) is 19.2 Å². The molecule has 0 spiro atoms. The number of nitrogens with zero attached hydrogens (tertiary/aromatic N) is 3. The van der Waals surface area contributed by atoms with E-state index in [2.05, 4.69) is 20.3 Å². The standard InChI is InChI=1S/C22H23F3N4O/c1-13(15-5-3-7-17(9-15)22(23,24)25)27-21-18-10-19(16-6-4-8-30-12-16)26-11-20(18)28-14(2)29-21/h3,5,7,9-11,13,16H,4,6,8,12H2,1-2H3,(H,27,28,29)/t13-,16?/m1/s1. The van der Waals surface area contributed by atoms with Crippen LogP contribution in [0.3, 0.4) is 0 Å². The lowest BCUT2D eigenvalue weighted by Crippen LogP contribution is -2.17. The van der Waals surface area contributed by atoms with Crippen LogP contribution in [0.1, 0.15) is 54.4 Å². The molecule has 2 aromatic heterocycles. The topological polar surface area (TPSA) is 59.9 Å². The number of alkyl halides is 3. The maximum atomic E-state index is 13.1. The van der Waals surface area contributed by atoms with Crippen molar-refractivity contribution >= 4 is 16.7 Å². The predicted octanol–water partition coefficient (Wildman–Crippen LogP) is 5.42. The fourth-order valence-electron chi connectivity index (χ4n) is 3.74. The minimum Gasteiger partial charge on any atom is -0.381 e. The monoisotopic (exact) mass is 416 g/mol. The average molecular weight is 416 g/mol. The quantitative estimate of drug-likeness (QED) is 0.615. The Bertz CT molecular complexity index is 1050. The molecule has 3 aromatic rings. The van der Waals surface area contributed by atoms with Gasteiger partial charge in [-0.05, 0) is 50.5 Å². The Morgan fingerprint density at radius 2 is 2.03 bits per heavy atom. The van der Waals surface area contributed by atoms with Gasteiger partial charge in [0.2, 0.25) is 0 Å². The van der Waals surface area contributed by atoms with Gasteiger partial charge >= 0.3 is 6.18 Å². The Labute approximate surface area is 172 Å². The highest BCUT2D eigenvalue weighted by Crippen LogP contribution is 2.33. The summed E-state index contributed by atoms with van der Waals surface area (Å²) < 4.78 is 44.8. The second-order valence-electron chi connectivity index (χ2n) is 7.65. The first-order valence-corrected chi connectivity index (χ1v) is 9.97. The Balaban J connectivity index is 1.67. The second-order valence-corrected chi connectivity index (χ2v) is 7.65. The lowest BCUT2D eigenvalue weighted by molar-refractivity contribution is -0.137. The van der Waals surface area contributed by atoms with Crippen LogP contribution >= 0.6 is 0 Å². The van der Waals surface area contributed by atoms with Crippen LogP contribution in [-0.4, -0.2) is 28.2 Å². The molecule has 8 heteroatoms. The van der Waals surface area contributed by atoms with Gasteiger partial charge in [0.25, 0.3) is 0 Å². The van der Waals surface area contributed by atoms with Gasteiger partial charge in [0.05, 0.1) is 23.9 Å². The van der Waals surface area contributed by atoms with Crippen LogP contribution < -0.4 is 5.32 Å².